The van der Waals surface area contributed by atoms with Crippen LogP contribution in [0.5, 0.6) is 0 Å². The van der Waals surface area contributed by atoms with Gasteiger partial charge in [0, 0.05) is 0 Å². The Morgan fingerprint density at radius 1 is 0.417 bits per heavy atom. The van der Waals surface area contributed by atoms with Gasteiger partial charge in [0.25, 0.3) is 0 Å². The maximum absolute atomic E-state index is 11.1. The van der Waals surface area contributed by atoms with E-state index in [2.05, 4.69) is 0 Å². The minimum absolute atomic E-state index is 0. The molecule has 0 aliphatic carbocycles. The molecule has 0 saturated carbocycles. The second-order valence-electron chi connectivity index (χ2n) is 7.53. The molecule has 4 aromatic carbocycles. The van der Waals surface area contributed by atoms with Crippen molar-refractivity contribution in [2.24, 2.45) is 0 Å². The SMILES string of the molecule is O=S(=O)([O-])c1ccc(-c2ccc(/C=C/c3ccc(-c4ccc(S(=O)(=O)[O-])cc4)cc3)cc2)cc1.[K+].[K+]. The van der Waals surface area contributed by atoms with Crippen molar-refractivity contribution in [1.82, 2.24) is 0 Å². The molecular formula is C26H18K2O6S2. The first-order chi connectivity index (χ1) is 16.1. The van der Waals surface area contributed by atoms with Crippen LogP contribution in [0.4, 0.5) is 0 Å². The van der Waals surface area contributed by atoms with Crippen molar-refractivity contribution in [2.75, 3.05) is 0 Å². The van der Waals surface area contributed by atoms with Crippen LogP contribution < -0.4 is 103 Å². The molecule has 0 radical (unpaired) electrons. The van der Waals surface area contributed by atoms with Crippen LogP contribution in [0, 0.1) is 0 Å². The fourth-order valence-corrected chi connectivity index (χ4v) is 4.33. The molecule has 36 heavy (non-hydrogen) atoms. The molecular weight excluding hydrogens is 551 g/mol. The van der Waals surface area contributed by atoms with Crippen LogP contribution in [0.25, 0.3) is 34.4 Å². The molecule has 0 unspecified atom stereocenters. The van der Waals surface area contributed by atoms with E-state index in [0.717, 1.165) is 33.4 Å². The maximum Gasteiger partial charge on any atom is 1.00 e. The monoisotopic (exact) mass is 568 g/mol. The molecule has 0 bridgehead atoms. The molecule has 0 N–H and O–H groups in total. The molecule has 4 aromatic rings. The van der Waals surface area contributed by atoms with Gasteiger partial charge in [-0.05, 0) is 57.6 Å². The van der Waals surface area contributed by atoms with E-state index < -0.39 is 20.2 Å². The summed E-state index contributed by atoms with van der Waals surface area (Å²) < 4.78 is 66.3. The van der Waals surface area contributed by atoms with E-state index >= 15 is 0 Å². The summed E-state index contributed by atoms with van der Waals surface area (Å²) in [5.41, 5.74) is 5.35. The molecule has 4 rings (SSSR count). The minimum atomic E-state index is -4.46. The molecule has 0 saturated heterocycles. The molecule has 0 spiro atoms. The number of benzene rings is 4. The Kier molecular flexibility index (Phi) is 12.1. The smallest absolute Gasteiger partial charge is 0.744 e. The van der Waals surface area contributed by atoms with Gasteiger partial charge in [0.15, 0.2) is 0 Å². The predicted octanol–water partition coefficient (Wildman–Crippen LogP) is -0.993. The van der Waals surface area contributed by atoms with E-state index in [1.807, 2.05) is 60.7 Å². The largest absolute Gasteiger partial charge is 1.00 e. The minimum Gasteiger partial charge on any atom is -0.744 e. The third kappa shape index (κ3) is 8.61. The van der Waals surface area contributed by atoms with Gasteiger partial charge in [0.2, 0.25) is 0 Å². The van der Waals surface area contributed by atoms with Gasteiger partial charge >= 0.3 is 103 Å². The molecule has 0 aliphatic rings. The third-order valence-electron chi connectivity index (χ3n) is 5.24. The number of rotatable bonds is 6. The zero-order valence-electron chi connectivity index (χ0n) is 19.7. The summed E-state index contributed by atoms with van der Waals surface area (Å²) in [5.74, 6) is 0. The third-order valence-corrected chi connectivity index (χ3v) is 6.94. The molecule has 0 fully saturated rings. The first-order valence-corrected chi connectivity index (χ1v) is 12.9. The van der Waals surface area contributed by atoms with Crippen molar-refractivity contribution in [3.05, 3.63) is 108 Å². The second-order valence-corrected chi connectivity index (χ2v) is 10.3. The van der Waals surface area contributed by atoms with Gasteiger partial charge in [-0.1, -0.05) is 84.9 Å². The Hall–Kier alpha value is -0.287. The number of hydrogen-bond acceptors (Lipinski definition) is 6. The van der Waals surface area contributed by atoms with Gasteiger partial charge in [-0.2, -0.15) is 0 Å². The zero-order chi connectivity index (χ0) is 24.3. The summed E-state index contributed by atoms with van der Waals surface area (Å²) >= 11 is 0. The fraction of sp³-hybridized carbons (Fsp3) is 0. The van der Waals surface area contributed by atoms with E-state index in [1.54, 1.807) is 24.3 Å². The topological polar surface area (TPSA) is 114 Å². The average molecular weight is 569 g/mol. The van der Waals surface area contributed by atoms with Crippen molar-refractivity contribution in [2.45, 2.75) is 9.79 Å². The molecule has 0 atom stereocenters. The Balaban J connectivity index is 0.00000228. The van der Waals surface area contributed by atoms with Gasteiger partial charge < -0.3 is 9.11 Å². The molecule has 0 heterocycles. The summed E-state index contributed by atoms with van der Waals surface area (Å²) in [6.07, 6.45) is 3.92. The standard InChI is InChI=1S/C26H20O6S2.2K/c27-33(28,29)25-15-11-23(12-16-25)21-7-3-19(4-8-21)1-2-20-5-9-22(10-6-20)24-13-17-26(18-14-24)34(30,31)32;;/h1-18H,(H,27,28,29)(H,30,31,32);;/q;2*+1/p-2/b2-1+;;. The second kappa shape index (κ2) is 13.7. The molecule has 0 aromatic heterocycles. The van der Waals surface area contributed by atoms with Crippen molar-refractivity contribution in [1.29, 1.82) is 0 Å². The van der Waals surface area contributed by atoms with Crippen LogP contribution in [0.3, 0.4) is 0 Å². The van der Waals surface area contributed by atoms with Gasteiger partial charge in [-0.15, -0.1) is 0 Å². The van der Waals surface area contributed by atoms with Crippen LogP contribution in [-0.2, 0) is 20.2 Å². The molecule has 10 heteroatoms. The summed E-state index contributed by atoms with van der Waals surface area (Å²) in [4.78, 5) is -0.511. The number of hydrogen-bond donors (Lipinski definition) is 0. The molecule has 6 nitrogen and oxygen atoms in total. The van der Waals surface area contributed by atoms with Gasteiger partial charge in [-0.25, -0.2) is 16.8 Å². The van der Waals surface area contributed by atoms with Crippen LogP contribution in [0.1, 0.15) is 11.1 Å². The fourth-order valence-electron chi connectivity index (χ4n) is 3.39. The van der Waals surface area contributed by atoms with E-state index in [4.69, 9.17) is 0 Å². The van der Waals surface area contributed by atoms with Crippen LogP contribution >= 0.6 is 0 Å². The predicted molar refractivity (Wildman–Crippen MR) is 129 cm³/mol. The van der Waals surface area contributed by atoms with Crippen molar-refractivity contribution >= 4 is 32.4 Å². The Morgan fingerprint density at radius 3 is 0.861 bits per heavy atom. The van der Waals surface area contributed by atoms with Crippen LogP contribution in [0.2, 0.25) is 0 Å². The molecule has 0 amide bonds. The maximum atomic E-state index is 11.1. The molecule has 172 valence electrons. The van der Waals surface area contributed by atoms with E-state index in [0.29, 0.717) is 0 Å². The van der Waals surface area contributed by atoms with E-state index in [-0.39, 0.29) is 113 Å². The summed E-state index contributed by atoms with van der Waals surface area (Å²) in [5, 5.41) is 0. The Labute approximate surface area is 296 Å². The first-order valence-electron chi connectivity index (χ1n) is 10.1. The van der Waals surface area contributed by atoms with Crippen molar-refractivity contribution in [3.8, 4) is 22.3 Å². The van der Waals surface area contributed by atoms with E-state index in [9.17, 15) is 25.9 Å². The van der Waals surface area contributed by atoms with Gasteiger partial charge in [0.05, 0.1) is 9.79 Å². The van der Waals surface area contributed by atoms with Crippen LogP contribution in [0.15, 0.2) is 107 Å². The summed E-state index contributed by atoms with van der Waals surface area (Å²) in [7, 11) is -8.92. The summed E-state index contributed by atoms with van der Waals surface area (Å²) in [6, 6.07) is 27.0. The summed E-state index contributed by atoms with van der Waals surface area (Å²) in [6.45, 7) is 0. The van der Waals surface area contributed by atoms with Gasteiger partial charge in [0.1, 0.15) is 20.2 Å². The Bertz CT molecular complexity index is 1430. The zero-order valence-corrected chi connectivity index (χ0v) is 27.5. The average Bonchev–Trinajstić information content (AvgIpc) is 2.82. The van der Waals surface area contributed by atoms with E-state index in [1.165, 1.54) is 24.3 Å². The van der Waals surface area contributed by atoms with Crippen molar-refractivity contribution < 1.29 is 129 Å². The van der Waals surface area contributed by atoms with Crippen LogP contribution in [-0.4, -0.2) is 25.9 Å². The molecule has 0 aliphatic heterocycles. The quantitative estimate of drug-likeness (QED) is 0.168. The Morgan fingerprint density at radius 2 is 0.639 bits per heavy atom. The first kappa shape index (κ1) is 31.9. The van der Waals surface area contributed by atoms with Crippen molar-refractivity contribution in [3.63, 3.8) is 0 Å². The normalized spacial score (nSPS) is 11.5. The van der Waals surface area contributed by atoms with Gasteiger partial charge in [-0.3, -0.25) is 0 Å².